The molecule has 4 atom stereocenters. The number of thiocarbonyl (C=S) groups is 1. The van der Waals surface area contributed by atoms with Crippen LogP contribution in [0.1, 0.15) is 16.8 Å². The fourth-order valence-corrected chi connectivity index (χ4v) is 3.58. The first-order valence-corrected chi connectivity index (χ1v) is 9.54. The molecule has 2 saturated heterocycles. The number of carbonyl (C=O) groups is 1. The smallest absolute Gasteiger partial charge is 0.358 e. The Labute approximate surface area is 168 Å². The SMILES string of the molecule is O=C(OCC1C2CCOC(O2)C1OC(=S)Oc1ccccc1)c1ccccc1. The molecular weight excluding hydrogens is 380 g/mol. The summed E-state index contributed by atoms with van der Waals surface area (Å²) in [7, 11) is 0. The molecule has 2 heterocycles. The highest BCUT2D eigenvalue weighted by molar-refractivity contribution is 7.79. The molecule has 0 saturated carbocycles. The van der Waals surface area contributed by atoms with E-state index in [4.69, 9.17) is 35.9 Å². The summed E-state index contributed by atoms with van der Waals surface area (Å²) in [4.78, 5) is 12.3. The van der Waals surface area contributed by atoms with Crippen molar-refractivity contribution in [2.24, 2.45) is 5.92 Å². The maximum absolute atomic E-state index is 12.3. The summed E-state index contributed by atoms with van der Waals surface area (Å²) in [5, 5.41) is -0.0182. The Hall–Kier alpha value is -2.48. The van der Waals surface area contributed by atoms with Gasteiger partial charge in [-0.15, -0.1) is 0 Å². The molecule has 7 heteroatoms. The molecule has 2 aromatic carbocycles. The lowest BCUT2D eigenvalue weighted by Crippen LogP contribution is -2.36. The number of rotatable bonds is 5. The van der Waals surface area contributed by atoms with Crippen LogP contribution in [-0.4, -0.2) is 42.9 Å². The molecule has 2 fully saturated rings. The van der Waals surface area contributed by atoms with Gasteiger partial charge in [-0.3, -0.25) is 0 Å². The Morgan fingerprint density at radius 1 is 1.07 bits per heavy atom. The molecule has 0 spiro atoms. The third-order valence-corrected chi connectivity index (χ3v) is 4.93. The van der Waals surface area contributed by atoms with Gasteiger partial charge in [0.25, 0.3) is 0 Å². The van der Waals surface area contributed by atoms with E-state index in [-0.39, 0.29) is 29.8 Å². The molecule has 2 bridgehead atoms. The molecule has 6 nitrogen and oxygen atoms in total. The number of hydrogen-bond acceptors (Lipinski definition) is 7. The topological polar surface area (TPSA) is 63.2 Å². The number of benzene rings is 2. The molecule has 28 heavy (non-hydrogen) atoms. The molecule has 0 amide bonds. The van der Waals surface area contributed by atoms with E-state index in [1.165, 1.54) is 0 Å². The van der Waals surface area contributed by atoms with Gasteiger partial charge in [-0.2, -0.15) is 0 Å². The minimum Gasteiger partial charge on any atom is -0.462 e. The van der Waals surface area contributed by atoms with Crippen molar-refractivity contribution in [2.45, 2.75) is 24.9 Å². The molecule has 0 aliphatic carbocycles. The standard InChI is InChI=1S/C21H20O6S/c22-19(14-7-3-1-4-8-14)24-13-16-17-11-12-23-20(26-17)18(16)27-21(28)25-15-9-5-2-6-10-15/h1-10,16-18,20H,11-13H2. The van der Waals surface area contributed by atoms with E-state index < -0.39 is 12.4 Å². The van der Waals surface area contributed by atoms with Gasteiger partial charge < -0.3 is 23.7 Å². The second kappa shape index (κ2) is 8.68. The average Bonchev–Trinajstić information content (AvgIpc) is 2.96. The van der Waals surface area contributed by atoms with Gasteiger partial charge in [0.15, 0.2) is 12.4 Å². The first-order chi connectivity index (χ1) is 13.7. The molecule has 0 N–H and O–H groups in total. The van der Waals surface area contributed by atoms with Crippen LogP contribution in [0, 0.1) is 5.92 Å². The van der Waals surface area contributed by atoms with Crippen LogP contribution < -0.4 is 4.74 Å². The minimum atomic E-state index is -0.559. The van der Waals surface area contributed by atoms with E-state index in [2.05, 4.69) is 0 Å². The highest BCUT2D eigenvalue weighted by Gasteiger charge is 2.50. The summed E-state index contributed by atoms with van der Waals surface area (Å²) >= 11 is 5.23. The lowest BCUT2D eigenvalue weighted by Gasteiger charge is -2.23. The van der Waals surface area contributed by atoms with Crippen LogP contribution in [0.2, 0.25) is 0 Å². The lowest BCUT2D eigenvalue weighted by molar-refractivity contribution is -0.196. The van der Waals surface area contributed by atoms with Gasteiger partial charge in [-0.05, 0) is 30.7 Å². The van der Waals surface area contributed by atoms with Crippen LogP contribution in [0.15, 0.2) is 60.7 Å². The van der Waals surface area contributed by atoms with Crippen LogP contribution in [0.4, 0.5) is 0 Å². The summed E-state index contributed by atoms with van der Waals surface area (Å²) in [6.45, 7) is 0.710. The van der Waals surface area contributed by atoms with E-state index >= 15 is 0 Å². The van der Waals surface area contributed by atoms with Crippen LogP contribution in [-0.2, 0) is 18.9 Å². The van der Waals surface area contributed by atoms with E-state index in [0.717, 1.165) is 0 Å². The first-order valence-electron chi connectivity index (χ1n) is 9.13. The van der Waals surface area contributed by atoms with E-state index in [9.17, 15) is 4.79 Å². The van der Waals surface area contributed by atoms with Gasteiger partial charge in [0, 0.05) is 12.2 Å². The summed E-state index contributed by atoms with van der Waals surface area (Å²) < 4.78 is 28.4. The zero-order valence-corrected chi connectivity index (χ0v) is 15.9. The van der Waals surface area contributed by atoms with Crippen molar-refractivity contribution in [1.29, 1.82) is 0 Å². The molecule has 0 radical (unpaired) electrons. The maximum atomic E-state index is 12.3. The number of hydrogen-bond donors (Lipinski definition) is 0. The normalized spacial score (nSPS) is 25.7. The summed E-state index contributed by atoms with van der Waals surface area (Å²) in [6, 6.07) is 18.0. The quantitative estimate of drug-likeness (QED) is 0.563. The Morgan fingerprint density at radius 3 is 2.54 bits per heavy atom. The maximum Gasteiger partial charge on any atom is 0.358 e. The van der Waals surface area contributed by atoms with Gasteiger partial charge in [0.1, 0.15) is 12.4 Å². The van der Waals surface area contributed by atoms with Crippen molar-refractivity contribution >= 4 is 23.4 Å². The summed E-state index contributed by atoms with van der Waals surface area (Å²) in [5.41, 5.74) is 0.501. The largest absolute Gasteiger partial charge is 0.462 e. The fourth-order valence-electron chi connectivity index (χ4n) is 3.38. The van der Waals surface area contributed by atoms with Crippen molar-refractivity contribution in [2.75, 3.05) is 13.2 Å². The van der Waals surface area contributed by atoms with Crippen molar-refractivity contribution in [3.8, 4) is 5.75 Å². The summed E-state index contributed by atoms with van der Waals surface area (Å²) in [5.74, 6) is 0.00433. The molecule has 2 aliphatic rings. The molecule has 4 rings (SSSR count). The Balaban J connectivity index is 1.39. The zero-order valence-electron chi connectivity index (χ0n) is 15.1. The Kier molecular flexibility index (Phi) is 5.85. The predicted molar refractivity (Wildman–Crippen MR) is 104 cm³/mol. The third-order valence-electron chi connectivity index (χ3n) is 4.75. The van der Waals surface area contributed by atoms with Crippen LogP contribution in [0.25, 0.3) is 0 Å². The Morgan fingerprint density at radius 2 is 1.79 bits per heavy atom. The monoisotopic (exact) mass is 400 g/mol. The molecule has 0 aromatic heterocycles. The second-order valence-electron chi connectivity index (χ2n) is 6.58. The van der Waals surface area contributed by atoms with Crippen molar-refractivity contribution in [3.05, 3.63) is 66.2 Å². The number of esters is 1. The van der Waals surface area contributed by atoms with Crippen molar-refractivity contribution in [3.63, 3.8) is 0 Å². The van der Waals surface area contributed by atoms with Crippen LogP contribution >= 0.6 is 12.2 Å². The number of fused-ring (bicyclic) bond motifs is 2. The van der Waals surface area contributed by atoms with Gasteiger partial charge in [0.2, 0.25) is 0 Å². The number of para-hydroxylation sites is 1. The highest BCUT2D eigenvalue weighted by atomic mass is 32.1. The molecule has 146 valence electrons. The zero-order chi connectivity index (χ0) is 19.3. The van der Waals surface area contributed by atoms with E-state index in [1.807, 2.05) is 24.3 Å². The van der Waals surface area contributed by atoms with Crippen LogP contribution in [0.5, 0.6) is 5.75 Å². The fraction of sp³-hybridized carbons (Fsp3) is 0.333. The van der Waals surface area contributed by atoms with Gasteiger partial charge in [-0.25, -0.2) is 4.79 Å². The first kappa shape index (κ1) is 18.9. The Bertz CT molecular complexity index is 812. The van der Waals surface area contributed by atoms with E-state index in [0.29, 0.717) is 24.3 Å². The lowest BCUT2D eigenvalue weighted by atomic mass is 9.98. The van der Waals surface area contributed by atoms with Crippen molar-refractivity contribution < 1.29 is 28.5 Å². The van der Waals surface area contributed by atoms with Gasteiger partial charge >= 0.3 is 11.2 Å². The van der Waals surface area contributed by atoms with E-state index in [1.54, 1.807) is 36.4 Å². The van der Waals surface area contributed by atoms with Gasteiger partial charge in [-0.1, -0.05) is 36.4 Å². The second-order valence-corrected chi connectivity index (χ2v) is 6.91. The molecule has 2 aliphatic heterocycles. The van der Waals surface area contributed by atoms with Crippen molar-refractivity contribution in [1.82, 2.24) is 0 Å². The molecular formula is C21H20O6S. The third kappa shape index (κ3) is 4.32. The van der Waals surface area contributed by atoms with Crippen LogP contribution in [0.3, 0.4) is 0 Å². The predicted octanol–water partition coefficient (Wildman–Crippen LogP) is 3.35. The highest BCUT2D eigenvalue weighted by Crippen LogP contribution is 2.36. The number of carbonyl (C=O) groups excluding carboxylic acids is 1. The summed E-state index contributed by atoms with van der Waals surface area (Å²) in [6.07, 6.45) is -0.480. The number of ether oxygens (including phenoxy) is 5. The van der Waals surface area contributed by atoms with Gasteiger partial charge in [0.05, 0.1) is 24.2 Å². The average molecular weight is 400 g/mol. The minimum absolute atomic E-state index is 0.0182. The molecule has 4 unspecified atom stereocenters. The molecule has 2 aromatic rings.